The van der Waals surface area contributed by atoms with Crippen LogP contribution < -0.4 is 9.47 Å². The van der Waals surface area contributed by atoms with Crippen molar-refractivity contribution < 1.29 is 24.2 Å². The maximum absolute atomic E-state index is 13.5. The zero-order chi connectivity index (χ0) is 30.9. The average Bonchev–Trinajstić information content (AvgIpc) is 3.65. The van der Waals surface area contributed by atoms with E-state index in [1.54, 1.807) is 41.7 Å². The van der Waals surface area contributed by atoms with E-state index in [1.165, 1.54) is 0 Å². The monoisotopic (exact) mass is 593 g/mol. The highest BCUT2D eigenvalue weighted by molar-refractivity contribution is 6.46. The van der Waals surface area contributed by atoms with Crippen LogP contribution in [0.2, 0.25) is 0 Å². The lowest BCUT2D eigenvalue weighted by atomic mass is 9.95. The minimum absolute atomic E-state index is 0.0721. The molecule has 1 aliphatic rings. The topological polar surface area (TPSA) is 93.9 Å². The molecule has 0 saturated carbocycles. The van der Waals surface area contributed by atoms with E-state index in [4.69, 9.17) is 9.47 Å². The highest BCUT2D eigenvalue weighted by Gasteiger charge is 2.45. The summed E-state index contributed by atoms with van der Waals surface area (Å²) >= 11 is 0. The normalized spacial score (nSPS) is 16.0. The first kappa shape index (κ1) is 30.6. The molecule has 1 atom stereocenters. The van der Waals surface area contributed by atoms with E-state index >= 15 is 0 Å². The van der Waals surface area contributed by atoms with E-state index in [0.717, 1.165) is 41.7 Å². The summed E-state index contributed by atoms with van der Waals surface area (Å²) in [7, 11) is 0. The summed E-state index contributed by atoms with van der Waals surface area (Å²) in [6, 6.07) is 21.7. The third kappa shape index (κ3) is 7.19. The molecule has 0 aliphatic carbocycles. The number of aliphatic hydroxyl groups excluding tert-OH is 1. The summed E-state index contributed by atoms with van der Waals surface area (Å²) in [5, 5.41) is 11.5. The molecule has 5 rings (SSSR count). The van der Waals surface area contributed by atoms with Crippen molar-refractivity contribution in [2.24, 2.45) is 0 Å². The first-order valence-corrected chi connectivity index (χ1v) is 15.2. The fourth-order valence-electron chi connectivity index (χ4n) is 5.39. The van der Waals surface area contributed by atoms with E-state index in [-0.39, 0.29) is 11.3 Å². The van der Waals surface area contributed by atoms with Crippen molar-refractivity contribution in [3.8, 4) is 11.5 Å². The number of benzene rings is 3. The number of rotatable bonds is 14. The highest BCUT2D eigenvalue weighted by atomic mass is 16.5. The molecule has 1 fully saturated rings. The van der Waals surface area contributed by atoms with Gasteiger partial charge in [-0.25, -0.2) is 4.98 Å². The smallest absolute Gasteiger partial charge is 0.295 e. The summed E-state index contributed by atoms with van der Waals surface area (Å²) in [4.78, 5) is 32.5. The molecule has 8 nitrogen and oxygen atoms in total. The van der Waals surface area contributed by atoms with Gasteiger partial charge < -0.3 is 24.0 Å². The molecule has 8 heteroatoms. The van der Waals surface area contributed by atoms with Gasteiger partial charge in [-0.15, -0.1) is 0 Å². The molecular formula is C36H39N3O5. The Morgan fingerprint density at radius 1 is 0.886 bits per heavy atom. The lowest BCUT2D eigenvalue weighted by molar-refractivity contribution is -0.139. The number of nitrogens with zero attached hydrogens (tertiary/aromatic N) is 3. The number of carbonyl (C=O) groups is 2. The van der Waals surface area contributed by atoms with E-state index in [0.29, 0.717) is 44.0 Å². The Kier molecular flexibility index (Phi) is 10.1. The second kappa shape index (κ2) is 14.6. The molecular weight excluding hydrogens is 554 g/mol. The number of hydrogen-bond acceptors (Lipinski definition) is 6. The second-order valence-electron chi connectivity index (χ2n) is 11.0. The van der Waals surface area contributed by atoms with Crippen LogP contribution in [0.5, 0.6) is 11.5 Å². The number of Topliss-reactive ketones (excluding diaryl/α,β-unsaturated/α-hetero) is 1. The summed E-state index contributed by atoms with van der Waals surface area (Å²) in [5.41, 5.74) is 3.47. The number of aliphatic hydroxyl groups is 1. The Balaban J connectivity index is 1.39. The number of imidazole rings is 1. The molecule has 44 heavy (non-hydrogen) atoms. The predicted octanol–water partition coefficient (Wildman–Crippen LogP) is 6.85. The third-order valence-corrected chi connectivity index (χ3v) is 7.91. The van der Waals surface area contributed by atoms with Crippen molar-refractivity contribution in [1.29, 1.82) is 0 Å². The molecule has 0 bridgehead atoms. The fourth-order valence-corrected chi connectivity index (χ4v) is 5.39. The van der Waals surface area contributed by atoms with E-state index in [9.17, 15) is 14.7 Å². The Labute approximate surface area is 258 Å². The van der Waals surface area contributed by atoms with Crippen molar-refractivity contribution in [3.05, 3.63) is 119 Å². The molecule has 3 aromatic carbocycles. The van der Waals surface area contributed by atoms with Crippen LogP contribution in [0, 0.1) is 6.92 Å². The van der Waals surface area contributed by atoms with Crippen LogP contribution in [0.25, 0.3) is 5.76 Å². The third-order valence-electron chi connectivity index (χ3n) is 7.91. The van der Waals surface area contributed by atoms with E-state index in [2.05, 4.69) is 11.9 Å². The first-order valence-electron chi connectivity index (χ1n) is 15.2. The van der Waals surface area contributed by atoms with E-state index < -0.39 is 17.7 Å². The average molecular weight is 594 g/mol. The maximum Gasteiger partial charge on any atom is 0.295 e. The Morgan fingerprint density at radius 2 is 1.61 bits per heavy atom. The first-order chi connectivity index (χ1) is 21.5. The Hall–Kier alpha value is -4.85. The highest BCUT2D eigenvalue weighted by Crippen LogP contribution is 2.40. The van der Waals surface area contributed by atoms with Gasteiger partial charge in [0.2, 0.25) is 0 Å². The van der Waals surface area contributed by atoms with Gasteiger partial charge in [0.1, 0.15) is 23.9 Å². The number of hydrogen-bond donors (Lipinski definition) is 1. The lowest BCUT2D eigenvalue weighted by Crippen LogP contribution is -2.31. The molecule has 1 aliphatic heterocycles. The summed E-state index contributed by atoms with van der Waals surface area (Å²) in [5.74, 6) is -0.176. The minimum Gasteiger partial charge on any atom is -0.507 e. The minimum atomic E-state index is -0.732. The maximum atomic E-state index is 13.5. The molecule has 4 aromatic rings. The molecule has 1 N–H and O–H groups in total. The molecule has 1 amide bonds. The molecule has 1 aromatic heterocycles. The Bertz CT molecular complexity index is 1580. The van der Waals surface area contributed by atoms with Crippen LogP contribution >= 0.6 is 0 Å². The number of aryl methyl sites for hydroxylation is 2. The van der Waals surface area contributed by atoms with Crippen LogP contribution in [-0.2, 0) is 22.7 Å². The van der Waals surface area contributed by atoms with Gasteiger partial charge in [-0.3, -0.25) is 9.59 Å². The molecule has 228 valence electrons. The number of aromatic nitrogens is 2. The van der Waals surface area contributed by atoms with E-state index in [1.807, 2.05) is 66.2 Å². The molecule has 2 heterocycles. The van der Waals surface area contributed by atoms with Gasteiger partial charge >= 0.3 is 0 Å². The van der Waals surface area contributed by atoms with Crippen molar-refractivity contribution in [2.45, 2.75) is 58.7 Å². The fraction of sp³-hybridized carbons (Fsp3) is 0.306. The zero-order valence-electron chi connectivity index (χ0n) is 25.3. The summed E-state index contributed by atoms with van der Waals surface area (Å²) < 4.78 is 13.8. The van der Waals surface area contributed by atoms with Crippen molar-refractivity contribution in [3.63, 3.8) is 0 Å². The van der Waals surface area contributed by atoms with Gasteiger partial charge in [0.05, 0.1) is 24.5 Å². The van der Waals surface area contributed by atoms with Crippen LogP contribution in [0.1, 0.15) is 60.9 Å². The van der Waals surface area contributed by atoms with Gasteiger partial charge in [-0.1, -0.05) is 56.2 Å². The lowest BCUT2D eigenvalue weighted by Gasteiger charge is -2.25. The SMILES string of the molecule is CCCCCOc1ccc(C2C(=C(O)c3ccc(OCc4ccccc4C)cc3)C(=O)C(=O)N2CCCn2ccnc2)cc1. The van der Waals surface area contributed by atoms with Gasteiger partial charge in [0.15, 0.2) is 0 Å². The summed E-state index contributed by atoms with van der Waals surface area (Å²) in [6.45, 7) is 6.22. The zero-order valence-corrected chi connectivity index (χ0v) is 25.3. The Morgan fingerprint density at radius 3 is 2.32 bits per heavy atom. The number of ketones is 1. The van der Waals surface area contributed by atoms with Gasteiger partial charge in [0.25, 0.3) is 11.7 Å². The number of carbonyl (C=O) groups excluding carboxylic acids is 2. The van der Waals surface area contributed by atoms with Gasteiger partial charge in [0, 0.05) is 31.0 Å². The van der Waals surface area contributed by atoms with Crippen molar-refractivity contribution in [1.82, 2.24) is 14.5 Å². The largest absolute Gasteiger partial charge is 0.507 e. The summed E-state index contributed by atoms with van der Waals surface area (Å²) in [6.07, 6.45) is 9.10. The molecule has 1 unspecified atom stereocenters. The second-order valence-corrected chi connectivity index (χ2v) is 11.0. The number of ether oxygens (including phenoxy) is 2. The number of likely N-dealkylation sites (tertiary alicyclic amines) is 1. The molecule has 0 spiro atoms. The standard InChI is InChI=1S/C36H39N3O5/c1-3-4-7-23-43-30-15-11-27(12-16-30)33-32(35(41)36(42)39(33)21-8-20-38-22-19-37-25-38)34(40)28-13-17-31(18-14-28)44-24-29-10-6-5-9-26(29)2/h5-6,9-19,22,25,33,40H,3-4,7-8,20-21,23-24H2,1-2H3. The quantitative estimate of drug-likeness (QED) is 0.0744. The number of unbranched alkanes of at least 4 members (excludes halogenated alkanes) is 2. The van der Waals surface area contributed by atoms with Crippen LogP contribution in [0.4, 0.5) is 0 Å². The predicted molar refractivity (Wildman–Crippen MR) is 169 cm³/mol. The molecule has 1 saturated heterocycles. The van der Waals surface area contributed by atoms with Gasteiger partial charge in [-0.05, 0) is 72.9 Å². The molecule has 0 radical (unpaired) electrons. The van der Waals surface area contributed by atoms with Crippen LogP contribution in [0.3, 0.4) is 0 Å². The number of amides is 1. The van der Waals surface area contributed by atoms with Crippen LogP contribution in [-0.4, -0.2) is 44.4 Å². The van der Waals surface area contributed by atoms with Crippen molar-refractivity contribution >= 4 is 17.4 Å². The van der Waals surface area contributed by atoms with Crippen LogP contribution in [0.15, 0.2) is 97.1 Å². The van der Waals surface area contributed by atoms with Crippen molar-refractivity contribution in [2.75, 3.05) is 13.2 Å². The van der Waals surface area contributed by atoms with Gasteiger partial charge in [-0.2, -0.15) is 0 Å².